The first-order valence-electron chi connectivity index (χ1n) is 9.26. The standard InChI is InChI=1S/C21H23F2N3O3/c1-26(2)20(27)18(13-6-4-3-5-7-13)25-21(28)24-17-10-11-29-19(17)14-8-9-15(22)16(23)12-14/h3-9,12,17-19H,10-11H2,1-2H3,(H2,24,25,28). The molecule has 3 unspecified atom stereocenters. The average Bonchev–Trinajstić information content (AvgIpc) is 3.16. The lowest BCUT2D eigenvalue weighted by Gasteiger charge is -2.25. The van der Waals surface area contributed by atoms with Crippen LogP contribution in [0.4, 0.5) is 13.6 Å². The van der Waals surface area contributed by atoms with Gasteiger partial charge in [0.05, 0.1) is 6.04 Å². The Balaban J connectivity index is 1.72. The lowest BCUT2D eigenvalue weighted by molar-refractivity contribution is -0.130. The minimum Gasteiger partial charge on any atom is -0.371 e. The summed E-state index contributed by atoms with van der Waals surface area (Å²) >= 11 is 0. The summed E-state index contributed by atoms with van der Waals surface area (Å²) in [5.74, 6) is -2.19. The summed E-state index contributed by atoms with van der Waals surface area (Å²) < 4.78 is 32.4. The Morgan fingerprint density at radius 2 is 1.83 bits per heavy atom. The Morgan fingerprint density at radius 3 is 2.48 bits per heavy atom. The Kier molecular flexibility index (Phi) is 6.43. The minimum atomic E-state index is -0.970. The highest BCUT2D eigenvalue weighted by Gasteiger charge is 2.33. The molecular formula is C21H23F2N3O3. The molecular weight excluding hydrogens is 380 g/mol. The quantitative estimate of drug-likeness (QED) is 0.807. The van der Waals surface area contributed by atoms with Gasteiger partial charge in [-0.15, -0.1) is 0 Å². The summed E-state index contributed by atoms with van der Waals surface area (Å²) in [4.78, 5) is 26.6. The van der Waals surface area contributed by atoms with Gasteiger partial charge in [-0.3, -0.25) is 4.79 Å². The van der Waals surface area contributed by atoms with Crippen LogP contribution in [0, 0.1) is 11.6 Å². The molecule has 6 nitrogen and oxygen atoms in total. The fourth-order valence-corrected chi connectivity index (χ4v) is 3.29. The van der Waals surface area contributed by atoms with Crippen molar-refractivity contribution in [2.24, 2.45) is 0 Å². The van der Waals surface area contributed by atoms with E-state index in [-0.39, 0.29) is 5.91 Å². The predicted octanol–water partition coefficient (Wildman–Crippen LogP) is 2.92. The molecule has 0 bridgehead atoms. The number of benzene rings is 2. The lowest BCUT2D eigenvalue weighted by Crippen LogP contribution is -2.48. The Labute approximate surface area is 167 Å². The van der Waals surface area contributed by atoms with Gasteiger partial charge in [0.15, 0.2) is 11.6 Å². The number of carbonyl (C=O) groups is 2. The molecule has 0 spiro atoms. The van der Waals surface area contributed by atoms with E-state index in [1.54, 1.807) is 38.4 Å². The van der Waals surface area contributed by atoms with Crippen molar-refractivity contribution < 1.29 is 23.1 Å². The van der Waals surface area contributed by atoms with Crippen molar-refractivity contribution in [3.05, 3.63) is 71.3 Å². The monoisotopic (exact) mass is 403 g/mol. The van der Waals surface area contributed by atoms with Gasteiger partial charge in [-0.1, -0.05) is 36.4 Å². The predicted molar refractivity (Wildman–Crippen MR) is 103 cm³/mol. The molecule has 0 aromatic heterocycles. The normalized spacial score (nSPS) is 19.4. The molecule has 1 aliphatic heterocycles. The molecule has 3 atom stereocenters. The molecule has 2 N–H and O–H groups in total. The maximum Gasteiger partial charge on any atom is 0.316 e. The first kappa shape index (κ1) is 20.7. The zero-order valence-electron chi connectivity index (χ0n) is 16.2. The Hall–Kier alpha value is -3.00. The zero-order chi connectivity index (χ0) is 21.0. The van der Waals surface area contributed by atoms with E-state index in [0.717, 1.165) is 12.1 Å². The van der Waals surface area contributed by atoms with Crippen LogP contribution >= 0.6 is 0 Å². The second-order valence-electron chi connectivity index (χ2n) is 7.05. The van der Waals surface area contributed by atoms with Gasteiger partial charge < -0.3 is 20.3 Å². The molecule has 3 rings (SSSR count). The molecule has 1 saturated heterocycles. The SMILES string of the molecule is CN(C)C(=O)C(NC(=O)NC1CCOC1c1ccc(F)c(F)c1)c1ccccc1. The third kappa shape index (κ3) is 4.89. The van der Waals surface area contributed by atoms with Crippen LogP contribution in [0.2, 0.25) is 0 Å². The largest absolute Gasteiger partial charge is 0.371 e. The van der Waals surface area contributed by atoms with E-state index in [2.05, 4.69) is 10.6 Å². The maximum absolute atomic E-state index is 13.6. The summed E-state index contributed by atoms with van der Waals surface area (Å²) in [6.45, 7) is 0.368. The van der Waals surface area contributed by atoms with Crippen LogP contribution in [0.15, 0.2) is 48.5 Å². The molecule has 154 valence electrons. The highest BCUT2D eigenvalue weighted by atomic mass is 19.2. The van der Waals surface area contributed by atoms with Crippen molar-refractivity contribution in [1.82, 2.24) is 15.5 Å². The topological polar surface area (TPSA) is 70.7 Å². The fraction of sp³-hybridized carbons (Fsp3) is 0.333. The number of halogens is 2. The van der Waals surface area contributed by atoms with Crippen molar-refractivity contribution in [2.75, 3.05) is 20.7 Å². The van der Waals surface area contributed by atoms with Gasteiger partial charge in [-0.2, -0.15) is 0 Å². The number of nitrogens with one attached hydrogen (secondary N) is 2. The van der Waals surface area contributed by atoms with Gasteiger partial charge in [0.25, 0.3) is 0 Å². The third-order valence-corrected chi connectivity index (χ3v) is 4.78. The van der Waals surface area contributed by atoms with Gasteiger partial charge in [0.1, 0.15) is 12.1 Å². The van der Waals surface area contributed by atoms with Crippen LogP contribution < -0.4 is 10.6 Å². The molecule has 2 aromatic carbocycles. The number of nitrogens with zero attached hydrogens (tertiary/aromatic N) is 1. The minimum absolute atomic E-state index is 0.272. The first-order chi connectivity index (χ1) is 13.9. The third-order valence-electron chi connectivity index (χ3n) is 4.78. The van der Waals surface area contributed by atoms with Gasteiger partial charge in [0, 0.05) is 20.7 Å². The van der Waals surface area contributed by atoms with E-state index in [9.17, 15) is 18.4 Å². The summed E-state index contributed by atoms with van der Waals surface area (Å²) in [6.07, 6.45) is -0.0927. The number of hydrogen-bond donors (Lipinski definition) is 2. The van der Waals surface area contributed by atoms with Crippen LogP contribution in [0.3, 0.4) is 0 Å². The van der Waals surface area contributed by atoms with E-state index in [4.69, 9.17) is 4.74 Å². The Morgan fingerprint density at radius 1 is 1.10 bits per heavy atom. The molecule has 0 radical (unpaired) electrons. The molecule has 0 saturated carbocycles. The number of amides is 3. The van der Waals surface area contributed by atoms with Gasteiger partial charge in [-0.25, -0.2) is 13.6 Å². The van der Waals surface area contributed by atoms with Crippen molar-refractivity contribution in [3.8, 4) is 0 Å². The number of ether oxygens (including phenoxy) is 1. The van der Waals surface area contributed by atoms with Crippen molar-refractivity contribution in [3.63, 3.8) is 0 Å². The summed E-state index contributed by atoms with van der Waals surface area (Å²) in [5.41, 5.74) is 1.09. The van der Waals surface area contributed by atoms with Gasteiger partial charge >= 0.3 is 6.03 Å². The smallest absolute Gasteiger partial charge is 0.316 e. The first-order valence-corrected chi connectivity index (χ1v) is 9.26. The van der Waals surface area contributed by atoms with Crippen LogP contribution in [-0.2, 0) is 9.53 Å². The Bertz CT molecular complexity index is 877. The van der Waals surface area contributed by atoms with E-state index in [0.29, 0.717) is 24.2 Å². The van der Waals surface area contributed by atoms with Crippen LogP contribution in [0.5, 0.6) is 0 Å². The second kappa shape index (κ2) is 9.00. The highest BCUT2D eigenvalue weighted by Crippen LogP contribution is 2.30. The summed E-state index contributed by atoms with van der Waals surface area (Å²) in [6, 6.07) is 10.6. The number of urea groups is 1. The van der Waals surface area contributed by atoms with Crippen LogP contribution in [-0.4, -0.2) is 43.6 Å². The van der Waals surface area contributed by atoms with Gasteiger partial charge in [-0.05, 0) is 29.7 Å². The molecule has 8 heteroatoms. The van der Waals surface area contributed by atoms with Gasteiger partial charge in [0.2, 0.25) is 5.91 Å². The molecule has 1 heterocycles. The zero-order valence-corrected chi connectivity index (χ0v) is 16.2. The number of hydrogen-bond acceptors (Lipinski definition) is 3. The van der Waals surface area contributed by atoms with Crippen LogP contribution in [0.25, 0.3) is 0 Å². The van der Waals surface area contributed by atoms with Crippen molar-refractivity contribution >= 4 is 11.9 Å². The molecule has 1 aliphatic rings. The van der Waals surface area contributed by atoms with E-state index in [1.807, 2.05) is 6.07 Å². The van der Waals surface area contributed by atoms with Crippen LogP contribution in [0.1, 0.15) is 29.7 Å². The second-order valence-corrected chi connectivity index (χ2v) is 7.05. The van der Waals surface area contributed by atoms with Crippen molar-refractivity contribution in [2.45, 2.75) is 24.6 Å². The number of likely N-dealkylation sites (N-methyl/N-ethyl adjacent to an activating group) is 1. The summed E-state index contributed by atoms with van der Waals surface area (Å²) in [5, 5.41) is 5.50. The van der Waals surface area contributed by atoms with E-state index < -0.39 is 35.9 Å². The summed E-state index contributed by atoms with van der Waals surface area (Å²) in [7, 11) is 3.23. The molecule has 0 aliphatic carbocycles. The van der Waals surface area contributed by atoms with E-state index >= 15 is 0 Å². The number of rotatable bonds is 5. The molecule has 1 fully saturated rings. The molecule has 3 amide bonds. The van der Waals surface area contributed by atoms with E-state index in [1.165, 1.54) is 11.0 Å². The highest BCUT2D eigenvalue weighted by molar-refractivity contribution is 5.88. The molecule has 2 aromatic rings. The fourth-order valence-electron chi connectivity index (χ4n) is 3.29. The maximum atomic E-state index is 13.6. The van der Waals surface area contributed by atoms with Crippen molar-refractivity contribution in [1.29, 1.82) is 0 Å². The molecule has 29 heavy (non-hydrogen) atoms. The lowest BCUT2D eigenvalue weighted by atomic mass is 10.0. The average molecular weight is 403 g/mol. The number of carbonyl (C=O) groups excluding carboxylic acids is 2.